The molecule has 0 spiro atoms. The third-order valence-corrected chi connectivity index (χ3v) is 6.54. The van der Waals surface area contributed by atoms with Gasteiger partial charge in [0.05, 0.1) is 7.11 Å². The lowest BCUT2D eigenvalue weighted by molar-refractivity contribution is 0.411. The summed E-state index contributed by atoms with van der Waals surface area (Å²) < 4.78 is 17.1. The van der Waals surface area contributed by atoms with Gasteiger partial charge in [-0.25, -0.2) is 0 Å². The first-order valence-corrected chi connectivity index (χ1v) is 11.9. The molecule has 0 fully saturated rings. The van der Waals surface area contributed by atoms with Crippen molar-refractivity contribution >= 4 is 19.0 Å². The number of halogens is 1. The van der Waals surface area contributed by atoms with Crippen molar-refractivity contribution in [2.24, 2.45) is 0 Å². The molecule has 0 saturated heterocycles. The van der Waals surface area contributed by atoms with Gasteiger partial charge in [-0.2, -0.15) is 0 Å². The molecule has 0 aliphatic heterocycles. The zero-order valence-electron chi connectivity index (χ0n) is 18.3. The minimum atomic E-state index is -1.60. The summed E-state index contributed by atoms with van der Waals surface area (Å²) in [6.45, 7) is 10.5. The predicted octanol–water partition coefficient (Wildman–Crippen LogP) is 7.87. The number of ether oxygens (including phenoxy) is 1. The highest BCUT2D eigenvalue weighted by atomic mass is 35.7. The van der Waals surface area contributed by atoms with Crippen LogP contribution < -0.4 is 13.8 Å². The highest BCUT2D eigenvalue weighted by Gasteiger charge is 2.25. The molecule has 0 aromatic heterocycles. The summed E-state index contributed by atoms with van der Waals surface area (Å²) >= 11 is 6.37. The molecule has 1 unspecified atom stereocenters. The van der Waals surface area contributed by atoms with Crippen molar-refractivity contribution in [1.82, 2.24) is 0 Å². The first-order valence-electron chi connectivity index (χ1n) is 9.86. The molecule has 0 amide bonds. The summed E-state index contributed by atoms with van der Waals surface area (Å²) in [5, 5.41) is 0. The van der Waals surface area contributed by atoms with E-state index in [9.17, 15) is 0 Å². The summed E-state index contributed by atoms with van der Waals surface area (Å²) in [6, 6.07) is 20.3. The Kier molecular flexibility index (Phi) is 6.95. The Hall–Kier alpha value is -2.22. The van der Waals surface area contributed by atoms with E-state index in [-0.39, 0.29) is 5.41 Å². The van der Waals surface area contributed by atoms with Gasteiger partial charge in [0.2, 0.25) is 0 Å². The number of rotatable bonds is 7. The zero-order valence-corrected chi connectivity index (χ0v) is 20.0. The van der Waals surface area contributed by atoms with Crippen molar-refractivity contribution in [3.05, 3.63) is 88.5 Å². The van der Waals surface area contributed by atoms with Gasteiger partial charge in [-0.15, -0.1) is 0 Å². The molecule has 3 rings (SSSR count). The van der Waals surface area contributed by atoms with E-state index in [1.54, 1.807) is 7.11 Å². The lowest BCUT2D eigenvalue weighted by Gasteiger charge is -2.28. The maximum absolute atomic E-state index is 6.37. The van der Waals surface area contributed by atoms with Crippen LogP contribution in [0.25, 0.3) is 0 Å². The van der Waals surface area contributed by atoms with E-state index in [0.717, 1.165) is 33.9 Å². The minimum absolute atomic E-state index is 0.163. The molecule has 5 heteroatoms. The lowest BCUT2D eigenvalue weighted by atomic mass is 9.77. The normalized spacial score (nSPS) is 12.4. The molecule has 0 heterocycles. The molecule has 3 nitrogen and oxygen atoms in total. The van der Waals surface area contributed by atoms with Crippen molar-refractivity contribution in [1.29, 1.82) is 0 Å². The summed E-state index contributed by atoms with van der Waals surface area (Å²) in [6.07, 6.45) is 0. The number of hydrogen-bond acceptors (Lipinski definition) is 3. The molecule has 3 aromatic rings. The van der Waals surface area contributed by atoms with Crippen LogP contribution in [0.3, 0.4) is 0 Å². The molecule has 1 atom stereocenters. The van der Waals surface area contributed by atoms with Crippen LogP contribution in [0.15, 0.2) is 60.7 Å². The fourth-order valence-electron chi connectivity index (χ4n) is 3.41. The van der Waals surface area contributed by atoms with Gasteiger partial charge in [-0.1, -0.05) is 56.3 Å². The largest absolute Gasteiger partial charge is 0.496 e. The molecule has 3 aromatic carbocycles. The fourth-order valence-corrected chi connectivity index (χ4v) is 4.61. The average Bonchev–Trinajstić information content (AvgIpc) is 2.71. The molecule has 0 aliphatic carbocycles. The van der Waals surface area contributed by atoms with E-state index in [0.29, 0.717) is 0 Å². The Morgan fingerprint density at radius 3 is 1.70 bits per heavy atom. The van der Waals surface area contributed by atoms with Crippen LogP contribution in [0, 0.1) is 20.8 Å². The summed E-state index contributed by atoms with van der Waals surface area (Å²) in [5.74, 6) is 2.37. The number of para-hydroxylation sites is 1. The molecule has 158 valence electrons. The van der Waals surface area contributed by atoms with Gasteiger partial charge in [0.1, 0.15) is 17.2 Å². The molecule has 0 aliphatic rings. The highest BCUT2D eigenvalue weighted by molar-refractivity contribution is 7.76. The van der Waals surface area contributed by atoms with Crippen LogP contribution in [-0.4, -0.2) is 7.11 Å². The van der Waals surface area contributed by atoms with Crippen molar-refractivity contribution in [2.45, 2.75) is 40.0 Å². The standard InChI is InChI=1S/C25H28ClO3P/c1-17-9-7-8-10-23(17)28-30(26)29-24-14-12-21(16-19(24)3)25(4,5)20-11-13-22(27-6)18(2)15-20/h7-16H,1-6H3. The van der Waals surface area contributed by atoms with E-state index < -0.39 is 7.73 Å². The van der Waals surface area contributed by atoms with E-state index in [4.69, 9.17) is 25.0 Å². The van der Waals surface area contributed by atoms with Gasteiger partial charge in [-0.3, -0.25) is 0 Å². The molecular formula is C25H28ClO3P. The smallest absolute Gasteiger partial charge is 0.401 e. The van der Waals surface area contributed by atoms with Gasteiger partial charge in [0, 0.05) is 5.41 Å². The van der Waals surface area contributed by atoms with Crippen molar-refractivity contribution in [3.8, 4) is 17.2 Å². The molecule has 0 N–H and O–H groups in total. The number of benzene rings is 3. The van der Waals surface area contributed by atoms with Crippen LogP contribution in [0.4, 0.5) is 0 Å². The highest BCUT2D eigenvalue weighted by Crippen LogP contribution is 2.47. The number of aryl methyl sites for hydroxylation is 3. The van der Waals surface area contributed by atoms with Crippen LogP contribution >= 0.6 is 19.0 Å². The fraction of sp³-hybridized carbons (Fsp3) is 0.280. The monoisotopic (exact) mass is 442 g/mol. The maximum Gasteiger partial charge on any atom is 0.401 e. The van der Waals surface area contributed by atoms with Crippen molar-refractivity contribution < 1.29 is 13.8 Å². The second-order valence-electron chi connectivity index (χ2n) is 7.95. The van der Waals surface area contributed by atoms with E-state index in [2.05, 4.69) is 45.0 Å². The van der Waals surface area contributed by atoms with Crippen LogP contribution in [0.5, 0.6) is 17.2 Å². The molecule has 0 radical (unpaired) electrons. The Morgan fingerprint density at radius 1 is 0.700 bits per heavy atom. The first-order chi connectivity index (χ1) is 14.2. The Balaban J connectivity index is 1.78. The summed E-state index contributed by atoms with van der Waals surface area (Å²) in [5.41, 5.74) is 5.45. The lowest BCUT2D eigenvalue weighted by Crippen LogP contribution is -2.19. The Bertz CT molecular complexity index is 1030. The molecule has 30 heavy (non-hydrogen) atoms. The molecular weight excluding hydrogens is 415 g/mol. The van der Waals surface area contributed by atoms with Crippen molar-refractivity contribution in [2.75, 3.05) is 7.11 Å². The minimum Gasteiger partial charge on any atom is -0.496 e. The van der Waals surface area contributed by atoms with Crippen LogP contribution in [0.2, 0.25) is 0 Å². The molecule has 0 saturated carbocycles. The quantitative estimate of drug-likeness (QED) is 0.348. The van der Waals surface area contributed by atoms with Gasteiger partial charge in [0.25, 0.3) is 0 Å². The number of methoxy groups -OCH3 is 1. The SMILES string of the molecule is COc1ccc(C(C)(C)c2ccc(OP(Cl)Oc3ccccc3C)c(C)c2)cc1C. The predicted molar refractivity (Wildman–Crippen MR) is 126 cm³/mol. The van der Waals surface area contributed by atoms with E-state index >= 15 is 0 Å². The summed E-state index contributed by atoms with van der Waals surface area (Å²) in [4.78, 5) is 0. The zero-order chi connectivity index (χ0) is 21.9. The van der Waals surface area contributed by atoms with Gasteiger partial charge in [-0.05, 0) is 78.0 Å². The topological polar surface area (TPSA) is 27.7 Å². The van der Waals surface area contributed by atoms with Gasteiger partial charge >= 0.3 is 7.73 Å². The third-order valence-electron chi connectivity index (χ3n) is 5.45. The number of hydrogen-bond donors (Lipinski definition) is 0. The third kappa shape index (κ3) is 4.91. The first kappa shape index (κ1) is 22.5. The second kappa shape index (κ2) is 9.29. The van der Waals surface area contributed by atoms with Crippen LogP contribution in [-0.2, 0) is 5.41 Å². The van der Waals surface area contributed by atoms with E-state index in [1.165, 1.54) is 11.1 Å². The van der Waals surface area contributed by atoms with Gasteiger partial charge < -0.3 is 13.8 Å². The molecule has 0 bridgehead atoms. The Labute approximate surface area is 185 Å². The van der Waals surface area contributed by atoms with Crippen molar-refractivity contribution in [3.63, 3.8) is 0 Å². The van der Waals surface area contributed by atoms with Gasteiger partial charge in [0.15, 0.2) is 0 Å². The Morgan fingerprint density at radius 2 is 1.20 bits per heavy atom. The maximum atomic E-state index is 6.37. The second-order valence-corrected chi connectivity index (χ2v) is 9.57. The summed E-state index contributed by atoms with van der Waals surface area (Å²) in [7, 11) is 0.0994. The van der Waals surface area contributed by atoms with E-state index in [1.807, 2.05) is 50.2 Å². The average molecular weight is 443 g/mol. The van der Waals surface area contributed by atoms with Crippen LogP contribution in [0.1, 0.15) is 41.7 Å².